The largest absolute Gasteiger partial charge is 0.353 e. The van der Waals surface area contributed by atoms with Gasteiger partial charge in [-0.05, 0) is 42.9 Å². The number of hydrogen-bond donors (Lipinski definition) is 1. The summed E-state index contributed by atoms with van der Waals surface area (Å²) >= 11 is 0. The van der Waals surface area contributed by atoms with Crippen molar-refractivity contribution in [1.29, 1.82) is 0 Å². The molecular weight excluding hydrogens is 198 g/mol. The van der Waals surface area contributed by atoms with Crippen molar-refractivity contribution in [3.8, 4) is 0 Å². The Kier molecular flexibility index (Phi) is 2.80. The number of carbonyl (C=O) groups is 1. The zero-order valence-corrected chi connectivity index (χ0v) is 11.1. The molecule has 2 aliphatic carbocycles. The van der Waals surface area contributed by atoms with Crippen LogP contribution < -0.4 is 5.32 Å². The summed E-state index contributed by atoms with van der Waals surface area (Å²) in [5, 5.41) is 3.25. The highest BCUT2D eigenvalue weighted by Gasteiger charge is 2.40. The third kappa shape index (κ3) is 2.99. The third-order valence-electron chi connectivity index (χ3n) is 3.85. The van der Waals surface area contributed by atoms with Gasteiger partial charge in [0.1, 0.15) is 0 Å². The summed E-state index contributed by atoms with van der Waals surface area (Å²) in [5.41, 5.74) is 0.729. The Balaban J connectivity index is 1.95. The average molecular weight is 223 g/mol. The second-order valence-corrected chi connectivity index (χ2v) is 7.39. The van der Waals surface area contributed by atoms with E-state index < -0.39 is 0 Å². The van der Waals surface area contributed by atoms with Crippen LogP contribution in [-0.2, 0) is 4.79 Å². The van der Waals surface area contributed by atoms with Gasteiger partial charge < -0.3 is 5.32 Å². The molecule has 0 spiro atoms. The van der Waals surface area contributed by atoms with Crippen LogP contribution in [0, 0.1) is 16.7 Å². The summed E-state index contributed by atoms with van der Waals surface area (Å²) in [4.78, 5) is 11.8. The van der Waals surface area contributed by atoms with Crippen molar-refractivity contribution in [3.63, 3.8) is 0 Å². The lowest BCUT2D eigenvalue weighted by atomic mass is 9.63. The Morgan fingerprint density at radius 2 is 1.56 bits per heavy atom. The topological polar surface area (TPSA) is 29.1 Å². The molecule has 0 aliphatic heterocycles. The van der Waals surface area contributed by atoms with E-state index in [9.17, 15) is 4.79 Å². The number of hydrogen-bond acceptors (Lipinski definition) is 1. The van der Waals surface area contributed by atoms with Gasteiger partial charge in [0.05, 0.1) is 0 Å². The van der Waals surface area contributed by atoms with Crippen LogP contribution in [0.4, 0.5) is 0 Å². The van der Waals surface area contributed by atoms with E-state index in [0.717, 1.165) is 25.7 Å². The van der Waals surface area contributed by atoms with E-state index in [0.29, 0.717) is 28.7 Å². The molecule has 0 radical (unpaired) electrons. The van der Waals surface area contributed by atoms with Crippen LogP contribution in [0.5, 0.6) is 0 Å². The van der Waals surface area contributed by atoms with Crippen LogP contribution in [0.25, 0.3) is 0 Å². The molecule has 2 fully saturated rings. The van der Waals surface area contributed by atoms with Gasteiger partial charge in [0.15, 0.2) is 0 Å². The SMILES string of the molecule is CC1(C)CC(NC(=O)C2CC2)CC(C)(C)C1. The summed E-state index contributed by atoms with van der Waals surface area (Å²) in [7, 11) is 0. The lowest BCUT2D eigenvalue weighted by Gasteiger charge is -2.45. The maximum Gasteiger partial charge on any atom is 0.223 e. The summed E-state index contributed by atoms with van der Waals surface area (Å²) in [6, 6.07) is 0.395. The molecule has 0 aromatic heterocycles. The average Bonchev–Trinajstić information content (AvgIpc) is 2.77. The molecule has 0 bridgehead atoms. The number of nitrogens with one attached hydrogen (secondary N) is 1. The zero-order valence-electron chi connectivity index (χ0n) is 11.1. The van der Waals surface area contributed by atoms with Gasteiger partial charge in [-0.15, -0.1) is 0 Å². The minimum absolute atomic E-state index is 0.304. The molecule has 92 valence electrons. The number of amides is 1. The number of carbonyl (C=O) groups excluding carboxylic acids is 1. The summed E-state index contributed by atoms with van der Waals surface area (Å²) in [5.74, 6) is 0.645. The Hall–Kier alpha value is -0.530. The molecule has 0 saturated heterocycles. The van der Waals surface area contributed by atoms with E-state index in [-0.39, 0.29) is 0 Å². The summed E-state index contributed by atoms with van der Waals surface area (Å²) in [6.45, 7) is 9.29. The molecule has 2 rings (SSSR count). The molecule has 2 aliphatic rings. The lowest BCUT2D eigenvalue weighted by Crippen LogP contribution is -2.46. The molecule has 0 heterocycles. The Morgan fingerprint density at radius 1 is 1.06 bits per heavy atom. The Labute approximate surface area is 99.2 Å². The van der Waals surface area contributed by atoms with Crippen LogP contribution in [0.2, 0.25) is 0 Å². The van der Waals surface area contributed by atoms with E-state index in [1.54, 1.807) is 0 Å². The fourth-order valence-electron chi connectivity index (χ4n) is 3.61. The van der Waals surface area contributed by atoms with Crippen LogP contribution >= 0.6 is 0 Å². The minimum Gasteiger partial charge on any atom is -0.353 e. The van der Waals surface area contributed by atoms with Gasteiger partial charge >= 0.3 is 0 Å². The summed E-state index contributed by atoms with van der Waals surface area (Å²) < 4.78 is 0. The van der Waals surface area contributed by atoms with Gasteiger partial charge in [0.25, 0.3) is 0 Å². The number of rotatable bonds is 2. The monoisotopic (exact) mass is 223 g/mol. The van der Waals surface area contributed by atoms with Gasteiger partial charge in [-0.1, -0.05) is 27.7 Å². The maximum absolute atomic E-state index is 11.8. The quantitative estimate of drug-likeness (QED) is 0.765. The van der Waals surface area contributed by atoms with Crippen molar-refractivity contribution in [1.82, 2.24) is 5.32 Å². The van der Waals surface area contributed by atoms with Gasteiger partial charge in [-0.2, -0.15) is 0 Å². The fraction of sp³-hybridized carbons (Fsp3) is 0.929. The van der Waals surface area contributed by atoms with Crippen LogP contribution in [0.15, 0.2) is 0 Å². The van der Waals surface area contributed by atoms with Gasteiger partial charge in [-0.3, -0.25) is 4.79 Å². The Bertz CT molecular complexity index is 273. The molecule has 2 heteroatoms. The van der Waals surface area contributed by atoms with Crippen molar-refractivity contribution in [2.45, 2.75) is 65.8 Å². The first kappa shape index (κ1) is 11.9. The van der Waals surface area contributed by atoms with E-state index in [2.05, 4.69) is 33.0 Å². The highest BCUT2D eigenvalue weighted by atomic mass is 16.2. The maximum atomic E-state index is 11.8. The van der Waals surface area contributed by atoms with Crippen LogP contribution in [0.1, 0.15) is 59.8 Å². The minimum atomic E-state index is 0.304. The molecule has 2 saturated carbocycles. The third-order valence-corrected chi connectivity index (χ3v) is 3.85. The molecule has 0 aromatic rings. The molecule has 0 aromatic carbocycles. The first-order valence-electron chi connectivity index (χ1n) is 6.58. The van der Waals surface area contributed by atoms with Gasteiger partial charge in [-0.25, -0.2) is 0 Å². The second kappa shape index (κ2) is 3.75. The van der Waals surface area contributed by atoms with Crippen molar-refractivity contribution in [2.24, 2.45) is 16.7 Å². The molecule has 1 N–H and O–H groups in total. The molecule has 2 nitrogen and oxygen atoms in total. The molecule has 1 amide bonds. The van der Waals surface area contributed by atoms with E-state index in [1.807, 2.05) is 0 Å². The van der Waals surface area contributed by atoms with Gasteiger partial charge in [0.2, 0.25) is 5.91 Å². The van der Waals surface area contributed by atoms with Crippen molar-refractivity contribution in [2.75, 3.05) is 0 Å². The molecule has 0 atom stereocenters. The second-order valence-electron chi connectivity index (χ2n) is 7.39. The Morgan fingerprint density at radius 3 is 2.00 bits per heavy atom. The molecule has 16 heavy (non-hydrogen) atoms. The van der Waals surface area contributed by atoms with E-state index in [4.69, 9.17) is 0 Å². The molecule has 0 unspecified atom stereocenters. The first-order valence-corrected chi connectivity index (χ1v) is 6.58. The first-order chi connectivity index (χ1) is 7.27. The van der Waals surface area contributed by atoms with Crippen molar-refractivity contribution in [3.05, 3.63) is 0 Å². The fourth-order valence-corrected chi connectivity index (χ4v) is 3.61. The van der Waals surface area contributed by atoms with Gasteiger partial charge in [0, 0.05) is 12.0 Å². The summed E-state index contributed by atoms with van der Waals surface area (Å²) in [6.07, 6.45) is 5.73. The zero-order chi connectivity index (χ0) is 12.0. The van der Waals surface area contributed by atoms with Crippen LogP contribution in [0.3, 0.4) is 0 Å². The van der Waals surface area contributed by atoms with Crippen LogP contribution in [-0.4, -0.2) is 11.9 Å². The normalized spacial score (nSPS) is 28.8. The standard InChI is InChI=1S/C14H25NO/c1-13(2)7-11(8-14(3,4)9-13)15-12(16)10-5-6-10/h10-11H,5-9H2,1-4H3,(H,15,16). The molecular formula is C14H25NO. The predicted molar refractivity (Wildman–Crippen MR) is 66.1 cm³/mol. The predicted octanol–water partition coefficient (Wildman–Crippen LogP) is 3.12. The highest BCUT2D eigenvalue weighted by Crippen LogP contribution is 2.45. The van der Waals surface area contributed by atoms with E-state index >= 15 is 0 Å². The van der Waals surface area contributed by atoms with Crippen molar-refractivity contribution >= 4 is 5.91 Å². The lowest BCUT2D eigenvalue weighted by molar-refractivity contribution is -0.123. The van der Waals surface area contributed by atoms with Crippen molar-refractivity contribution < 1.29 is 4.79 Å². The smallest absolute Gasteiger partial charge is 0.223 e. The highest BCUT2D eigenvalue weighted by molar-refractivity contribution is 5.81. The van der Waals surface area contributed by atoms with E-state index in [1.165, 1.54) is 6.42 Å².